The topological polar surface area (TPSA) is 116 Å². The molecule has 1 heterocycles. The number of nitrogens with one attached hydrogen (secondary N) is 1. The Hall–Kier alpha value is -3.16. The van der Waals surface area contributed by atoms with Crippen LogP contribution < -0.4 is 15.9 Å². The molecule has 0 fully saturated rings. The van der Waals surface area contributed by atoms with E-state index in [-0.39, 0.29) is 32.4 Å². The molecule has 148 valence electrons. The van der Waals surface area contributed by atoms with Gasteiger partial charge >= 0.3 is 11.9 Å². The quantitative estimate of drug-likeness (QED) is 0.627. The second kappa shape index (κ2) is 7.69. The lowest BCUT2D eigenvalue weighted by molar-refractivity contribution is -0.141. The van der Waals surface area contributed by atoms with Crippen molar-refractivity contribution in [3.05, 3.63) is 74.7 Å². The van der Waals surface area contributed by atoms with Gasteiger partial charge in [0.05, 0.1) is 10.4 Å². The van der Waals surface area contributed by atoms with Gasteiger partial charge in [0.1, 0.15) is 0 Å². The minimum absolute atomic E-state index is 0.0938. The molecule has 0 bridgehead atoms. The fraction of sp³-hybridized carbons (Fsp3) is 0.100. The molecule has 7 nitrogen and oxygen atoms in total. The van der Waals surface area contributed by atoms with E-state index in [1.165, 1.54) is 49.4 Å². The van der Waals surface area contributed by atoms with Gasteiger partial charge in [0.2, 0.25) is 11.4 Å². The molecule has 2 aromatic carbocycles. The number of hydrogen-bond donors (Lipinski definition) is 3. The first-order valence-corrected chi connectivity index (χ1v) is 9.03. The van der Waals surface area contributed by atoms with Gasteiger partial charge in [-0.1, -0.05) is 35.3 Å². The zero-order valence-corrected chi connectivity index (χ0v) is 16.5. The molecule has 3 rings (SSSR count). The molecule has 0 aliphatic carbocycles. The summed E-state index contributed by atoms with van der Waals surface area (Å²) in [5.41, 5.74) is -1.11. The van der Waals surface area contributed by atoms with Crippen LogP contribution in [0.5, 0.6) is 0 Å². The molecule has 1 unspecified atom stereocenters. The summed E-state index contributed by atoms with van der Waals surface area (Å²) in [4.78, 5) is 39.2. The van der Waals surface area contributed by atoms with Crippen LogP contribution in [-0.2, 0) is 19.9 Å². The van der Waals surface area contributed by atoms with Crippen LogP contribution in [0.1, 0.15) is 12.5 Å². The average molecular weight is 433 g/mol. The zero-order chi connectivity index (χ0) is 21.3. The highest BCUT2D eigenvalue weighted by molar-refractivity contribution is 6.34. The summed E-state index contributed by atoms with van der Waals surface area (Å²) in [7, 11) is 0. The molecule has 0 saturated heterocycles. The highest BCUT2D eigenvalue weighted by atomic mass is 35.5. The maximum absolute atomic E-state index is 12.5. The highest BCUT2D eigenvalue weighted by Crippen LogP contribution is 2.38. The number of halogens is 2. The Kier molecular flexibility index (Phi) is 5.46. The minimum Gasteiger partial charge on any atom is -0.479 e. The van der Waals surface area contributed by atoms with Crippen molar-refractivity contribution in [3.63, 3.8) is 0 Å². The van der Waals surface area contributed by atoms with E-state index in [9.17, 15) is 19.5 Å². The van der Waals surface area contributed by atoms with Crippen LogP contribution >= 0.6 is 23.2 Å². The Morgan fingerprint density at radius 1 is 1.10 bits per heavy atom. The zero-order valence-electron chi connectivity index (χ0n) is 14.9. The van der Waals surface area contributed by atoms with E-state index in [0.717, 1.165) is 6.08 Å². The number of hydrogen-bond acceptors (Lipinski definition) is 4. The molecule has 1 aliphatic rings. The predicted molar refractivity (Wildman–Crippen MR) is 107 cm³/mol. The van der Waals surface area contributed by atoms with Crippen LogP contribution in [0.2, 0.25) is 10.0 Å². The minimum atomic E-state index is -1.93. The Morgan fingerprint density at radius 3 is 2.31 bits per heavy atom. The van der Waals surface area contributed by atoms with Gasteiger partial charge in [-0.05, 0) is 35.9 Å². The molecule has 9 heteroatoms. The summed E-state index contributed by atoms with van der Waals surface area (Å²) >= 11 is 12.3. The molecule has 0 radical (unpaired) electrons. The third-order valence-electron chi connectivity index (χ3n) is 4.31. The number of fused-ring (bicyclic) bond motifs is 1. The molecular formula is C20H14Cl2N2O5. The standard InChI is InChI=1S/C20H14Cl2N2O5/c1-10(25)23-13-4-2-11(3-5-13)20(19(28)29)14(6-7-17(26)27)18-15(22)8-12(21)9-16(18)24-20/h2-9H,1H3,(H,23,25)(H,26,27)(H,28,29). The lowest BCUT2D eigenvalue weighted by atomic mass is 9.83. The lowest BCUT2D eigenvalue weighted by Gasteiger charge is -2.25. The van der Waals surface area contributed by atoms with E-state index >= 15 is 0 Å². The smallest absolute Gasteiger partial charge is 0.341 e. The molecule has 0 aromatic heterocycles. The van der Waals surface area contributed by atoms with Crippen molar-refractivity contribution in [2.45, 2.75) is 12.5 Å². The summed E-state index contributed by atoms with van der Waals surface area (Å²) in [5, 5.41) is 22.8. The lowest BCUT2D eigenvalue weighted by Crippen LogP contribution is -2.34. The largest absolute Gasteiger partial charge is 0.479 e. The van der Waals surface area contributed by atoms with Crippen molar-refractivity contribution >= 4 is 52.3 Å². The second-order valence-corrected chi connectivity index (χ2v) is 7.10. The van der Waals surface area contributed by atoms with Gasteiger partial charge in [-0.15, -0.1) is 0 Å². The van der Waals surface area contributed by atoms with Crippen molar-refractivity contribution < 1.29 is 24.6 Å². The number of anilines is 1. The van der Waals surface area contributed by atoms with Gasteiger partial charge in [-0.25, -0.2) is 9.59 Å². The Bertz CT molecular complexity index is 1190. The highest BCUT2D eigenvalue weighted by Gasteiger charge is 2.46. The first kappa shape index (κ1) is 20.6. The maximum atomic E-state index is 12.5. The molecule has 0 saturated carbocycles. The number of nitrogens with zero attached hydrogens (tertiary/aromatic N) is 1. The Balaban J connectivity index is 2.33. The number of aliphatic carboxylic acids is 2. The Morgan fingerprint density at radius 2 is 1.76 bits per heavy atom. The Labute approximate surface area is 174 Å². The molecule has 1 aliphatic heterocycles. The van der Waals surface area contributed by atoms with Crippen LogP contribution in [0.3, 0.4) is 0 Å². The fourth-order valence-electron chi connectivity index (χ4n) is 3.20. The maximum Gasteiger partial charge on any atom is 0.341 e. The number of carboxylic acid groups (broad SMARTS) is 2. The van der Waals surface area contributed by atoms with Crippen LogP contribution in [0.4, 0.5) is 5.69 Å². The van der Waals surface area contributed by atoms with E-state index in [1.54, 1.807) is 0 Å². The molecule has 1 amide bonds. The number of carboxylic acids is 2. The summed E-state index contributed by atoms with van der Waals surface area (Å²) < 4.78 is 0. The van der Waals surface area contributed by atoms with Gasteiger partial charge in [0.15, 0.2) is 0 Å². The van der Waals surface area contributed by atoms with E-state index in [0.29, 0.717) is 10.9 Å². The summed E-state index contributed by atoms with van der Waals surface area (Å²) in [6, 6.07) is 8.97. The first-order chi connectivity index (χ1) is 13.6. The van der Waals surface area contributed by atoms with Crippen molar-refractivity contribution in [2.24, 2.45) is 4.99 Å². The van der Waals surface area contributed by atoms with E-state index in [1.807, 2.05) is 0 Å². The van der Waals surface area contributed by atoms with Gasteiger partial charge in [-0.3, -0.25) is 9.79 Å². The number of benzene rings is 2. The van der Waals surface area contributed by atoms with E-state index in [4.69, 9.17) is 28.3 Å². The monoisotopic (exact) mass is 432 g/mol. The van der Waals surface area contributed by atoms with E-state index < -0.39 is 17.5 Å². The first-order valence-electron chi connectivity index (χ1n) is 8.27. The molecule has 29 heavy (non-hydrogen) atoms. The molecule has 1 atom stereocenters. The summed E-state index contributed by atoms with van der Waals surface area (Å²) in [5.74, 6) is -2.85. The third kappa shape index (κ3) is 3.74. The normalized spacial score (nSPS) is 17.7. The van der Waals surface area contributed by atoms with Crippen molar-refractivity contribution in [1.29, 1.82) is 0 Å². The number of carbonyl (C=O) groups excluding carboxylic acids is 1. The van der Waals surface area contributed by atoms with Crippen molar-refractivity contribution in [3.8, 4) is 0 Å². The van der Waals surface area contributed by atoms with Crippen LogP contribution in [0, 0.1) is 0 Å². The molecular weight excluding hydrogens is 419 g/mol. The molecule has 3 N–H and O–H groups in total. The van der Waals surface area contributed by atoms with Crippen LogP contribution in [0.25, 0.3) is 5.57 Å². The van der Waals surface area contributed by atoms with Gasteiger partial charge in [-0.2, -0.15) is 0 Å². The third-order valence-corrected chi connectivity index (χ3v) is 4.82. The van der Waals surface area contributed by atoms with Gasteiger partial charge < -0.3 is 15.5 Å². The molecule has 0 spiro atoms. The summed E-state index contributed by atoms with van der Waals surface area (Å²) in [6.07, 6.45) is 2.00. The fourth-order valence-corrected chi connectivity index (χ4v) is 3.78. The average Bonchev–Trinajstić information content (AvgIpc) is 2.95. The summed E-state index contributed by atoms with van der Waals surface area (Å²) in [6.45, 7) is 1.35. The number of amides is 1. The van der Waals surface area contributed by atoms with Crippen LogP contribution in [-0.4, -0.2) is 28.1 Å². The second-order valence-electron chi connectivity index (χ2n) is 6.25. The van der Waals surface area contributed by atoms with Gasteiger partial charge in [0.25, 0.3) is 0 Å². The van der Waals surface area contributed by atoms with Crippen molar-refractivity contribution in [1.82, 2.24) is 0 Å². The SMILES string of the molecule is CC(=O)Nc1ccc(C2(C(=O)O)N=c3cc(Cl)cc(Cl)c3=C2C=CC(=O)O)cc1. The predicted octanol–water partition coefficient (Wildman–Crippen LogP) is 2.36. The van der Waals surface area contributed by atoms with Crippen molar-refractivity contribution in [2.75, 3.05) is 5.32 Å². The number of carbonyl (C=O) groups is 3. The number of rotatable bonds is 5. The van der Waals surface area contributed by atoms with E-state index in [2.05, 4.69) is 10.3 Å². The van der Waals surface area contributed by atoms with Gasteiger partial charge in [0, 0.05) is 34.5 Å². The molecule has 2 aromatic rings. The van der Waals surface area contributed by atoms with Crippen LogP contribution in [0.15, 0.2) is 53.5 Å².